The third-order valence-corrected chi connectivity index (χ3v) is 6.56. The maximum Gasteiger partial charge on any atom is 0.272 e. The van der Waals surface area contributed by atoms with Gasteiger partial charge in [0.2, 0.25) is 10.0 Å². The summed E-state index contributed by atoms with van der Waals surface area (Å²) in [7, 11) is -2.21. The first-order chi connectivity index (χ1) is 14.4. The first-order valence-electron chi connectivity index (χ1n) is 9.56. The van der Waals surface area contributed by atoms with Crippen LogP contribution in [0.15, 0.2) is 53.4 Å². The molecule has 156 valence electrons. The second-order valence-corrected chi connectivity index (χ2v) is 8.94. The lowest BCUT2D eigenvalue weighted by Crippen LogP contribution is -2.25. The first kappa shape index (κ1) is 20.2. The molecule has 2 aromatic carbocycles. The smallest absolute Gasteiger partial charge is 0.272 e. The monoisotopic (exact) mass is 428 g/mol. The summed E-state index contributed by atoms with van der Waals surface area (Å²) in [5.41, 5.74) is 3.59. The Hall–Kier alpha value is -3.04. The SMILES string of the molecule is CNS(=O)(=O)c1cccc(CNC(=O)c2nn(-c3ccc(F)cc3)c3c2CCC3)c1. The molecule has 1 aliphatic rings. The highest BCUT2D eigenvalue weighted by Crippen LogP contribution is 2.28. The summed E-state index contributed by atoms with van der Waals surface area (Å²) >= 11 is 0. The lowest BCUT2D eigenvalue weighted by Gasteiger charge is -2.07. The second kappa shape index (κ2) is 8.00. The van der Waals surface area contributed by atoms with Crippen LogP contribution in [0.3, 0.4) is 0 Å². The Morgan fingerprint density at radius 3 is 2.67 bits per heavy atom. The Kier molecular flexibility index (Phi) is 5.40. The van der Waals surface area contributed by atoms with Gasteiger partial charge >= 0.3 is 0 Å². The van der Waals surface area contributed by atoms with Crippen molar-refractivity contribution in [1.82, 2.24) is 19.8 Å². The summed E-state index contributed by atoms with van der Waals surface area (Å²) in [4.78, 5) is 13.0. The number of hydrogen-bond donors (Lipinski definition) is 2. The molecule has 0 spiro atoms. The van der Waals surface area contributed by atoms with Crippen molar-refractivity contribution in [1.29, 1.82) is 0 Å². The summed E-state index contributed by atoms with van der Waals surface area (Å²) in [5.74, 6) is -0.654. The van der Waals surface area contributed by atoms with Gasteiger partial charge in [-0.15, -0.1) is 0 Å². The molecule has 0 saturated carbocycles. The Bertz CT molecular complexity index is 1200. The zero-order valence-corrected chi connectivity index (χ0v) is 17.2. The van der Waals surface area contributed by atoms with Crippen molar-refractivity contribution in [3.63, 3.8) is 0 Å². The summed E-state index contributed by atoms with van der Waals surface area (Å²) < 4.78 is 41.2. The molecule has 0 atom stereocenters. The molecule has 0 bridgehead atoms. The lowest BCUT2D eigenvalue weighted by molar-refractivity contribution is 0.0944. The van der Waals surface area contributed by atoms with Gasteiger partial charge in [-0.1, -0.05) is 12.1 Å². The molecule has 9 heteroatoms. The molecule has 30 heavy (non-hydrogen) atoms. The Labute approximate surface area is 174 Å². The summed E-state index contributed by atoms with van der Waals surface area (Å²) in [6.07, 6.45) is 2.49. The van der Waals surface area contributed by atoms with E-state index in [0.717, 1.165) is 30.5 Å². The fourth-order valence-corrected chi connectivity index (χ4v) is 4.42. The van der Waals surface area contributed by atoms with Crippen molar-refractivity contribution in [2.24, 2.45) is 0 Å². The minimum absolute atomic E-state index is 0.137. The van der Waals surface area contributed by atoms with E-state index in [9.17, 15) is 17.6 Å². The van der Waals surface area contributed by atoms with Gasteiger partial charge in [0.15, 0.2) is 5.69 Å². The van der Waals surface area contributed by atoms with E-state index < -0.39 is 10.0 Å². The normalized spacial score (nSPS) is 13.3. The number of nitrogens with zero attached hydrogens (tertiary/aromatic N) is 2. The van der Waals surface area contributed by atoms with Gasteiger partial charge in [-0.05, 0) is 68.3 Å². The molecule has 1 aliphatic carbocycles. The van der Waals surface area contributed by atoms with Gasteiger partial charge in [0.05, 0.1) is 10.6 Å². The third kappa shape index (κ3) is 3.86. The maximum atomic E-state index is 13.3. The summed E-state index contributed by atoms with van der Waals surface area (Å²) in [6, 6.07) is 12.4. The van der Waals surface area contributed by atoms with Crippen molar-refractivity contribution >= 4 is 15.9 Å². The first-order valence-corrected chi connectivity index (χ1v) is 11.0. The van der Waals surface area contributed by atoms with Gasteiger partial charge in [-0.2, -0.15) is 5.10 Å². The zero-order chi connectivity index (χ0) is 21.3. The van der Waals surface area contributed by atoms with E-state index in [4.69, 9.17) is 0 Å². The second-order valence-electron chi connectivity index (χ2n) is 7.05. The number of amides is 1. The number of carbonyl (C=O) groups is 1. The molecule has 1 amide bonds. The van der Waals surface area contributed by atoms with E-state index in [1.165, 1.54) is 31.3 Å². The van der Waals surface area contributed by atoms with Crippen LogP contribution in [-0.4, -0.2) is 31.2 Å². The molecule has 4 rings (SSSR count). The van der Waals surface area contributed by atoms with Crippen LogP contribution < -0.4 is 10.0 Å². The molecule has 0 fully saturated rings. The minimum atomic E-state index is -3.55. The fourth-order valence-electron chi connectivity index (χ4n) is 3.62. The highest BCUT2D eigenvalue weighted by Gasteiger charge is 2.27. The number of aromatic nitrogens is 2. The number of sulfonamides is 1. The number of carbonyl (C=O) groups excluding carboxylic acids is 1. The molecule has 2 N–H and O–H groups in total. The highest BCUT2D eigenvalue weighted by molar-refractivity contribution is 7.89. The number of rotatable bonds is 6. The lowest BCUT2D eigenvalue weighted by atomic mass is 10.2. The molecule has 0 aliphatic heterocycles. The van der Waals surface area contributed by atoms with Crippen LogP contribution >= 0.6 is 0 Å². The molecule has 7 nitrogen and oxygen atoms in total. The molecule has 3 aromatic rings. The topological polar surface area (TPSA) is 93.1 Å². The van der Waals surface area contributed by atoms with Crippen LogP contribution in [0.2, 0.25) is 0 Å². The van der Waals surface area contributed by atoms with Gasteiger partial charge in [0.1, 0.15) is 5.82 Å². The number of benzene rings is 2. The van der Waals surface area contributed by atoms with Crippen LogP contribution in [0.5, 0.6) is 0 Å². The molecular weight excluding hydrogens is 407 g/mol. The van der Waals surface area contributed by atoms with Crippen LogP contribution in [0.25, 0.3) is 5.69 Å². The molecule has 0 saturated heterocycles. The van der Waals surface area contributed by atoms with Crippen LogP contribution in [0.1, 0.15) is 33.7 Å². The largest absolute Gasteiger partial charge is 0.347 e. The van der Waals surface area contributed by atoms with E-state index in [0.29, 0.717) is 16.9 Å². The van der Waals surface area contributed by atoms with Crippen LogP contribution in [0, 0.1) is 5.82 Å². The number of nitrogens with one attached hydrogen (secondary N) is 2. The maximum absolute atomic E-state index is 13.3. The molecule has 0 radical (unpaired) electrons. The van der Waals surface area contributed by atoms with Crippen molar-refractivity contribution < 1.29 is 17.6 Å². The quantitative estimate of drug-likeness (QED) is 0.630. The number of fused-ring (bicyclic) bond motifs is 1. The van der Waals surface area contributed by atoms with Gasteiger partial charge in [0.25, 0.3) is 5.91 Å². The van der Waals surface area contributed by atoms with Gasteiger partial charge in [0, 0.05) is 17.8 Å². The third-order valence-electron chi connectivity index (χ3n) is 5.15. The van der Waals surface area contributed by atoms with Crippen molar-refractivity contribution in [3.05, 3.63) is 76.9 Å². The average Bonchev–Trinajstić information content (AvgIpc) is 3.36. The Balaban J connectivity index is 1.56. The predicted octanol–water partition coefficient (Wildman–Crippen LogP) is 2.34. The molecule has 1 aromatic heterocycles. The standard InChI is InChI=1S/C21H21FN4O3S/c1-23-30(28,29)17-5-2-4-14(12-17)13-24-21(27)20-18-6-3-7-19(18)26(25-20)16-10-8-15(22)9-11-16/h2,4-5,8-12,23H,3,6-7,13H2,1H3,(H,24,27). The van der Waals surface area contributed by atoms with E-state index >= 15 is 0 Å². The summed E-state index contributed by atoms with van der Waals surface area (Å²) in [5, 5.41) is 7.32. The predicted molar refractivity (Wildman–Crippen MR) is 109 cm³/mol. The van der Waals surface area contributed by atoms with Crippen LogP contribution in [-0.2, 0) is 29.4 Å². The van der Waals surface area contributed by atoms with Crippen molar-refractivity contribution in [2.75, 3.05) is 7.05 Å². The van der Waals surface area contributed by atoms with Gasteiger partial charge in [-0.3, -0.25) is 4.79 Å². The van der Waals surface area contributed by atoms with E-state index in [2.05, 4.69) is 15.1 Å². The van der Waals surface area contributed by atoms with Crippen LogP contribution in [0.4, 0.5) is 4.39 Å². The fraction of sp³-hybridized carbons (Fsp3) is 0.238. The number of hydrogen-bond acceptors (Lipinski definition) is 4. The molecule has 1 heterocycles. The average molecular weight is 428 g/mol. The molecule has 0 unspecified atom stereocenters. The van der Waals surface area contributed by atoms with E-state index in [1.807, 2.05) is 0 Å². The van der Waals surface area contributed by atoms with Crippen molar-refractivity contribution in [2.45, 2.75) is 30.7 Å². The highest BCUT2D eigenvalue weighted by atomic mass is 32.2. The Morgan fingerprint density at radius 2 is 1.93 bits per heavy atom. The van der Waals surface area contributed by atoms with Gasteiger partial charge < -0.3 is 5.32 Å². The minimum Gasteiger partial charge on any atom is -0.347 e. The van der Waals surface area contributed by atoms with E-state index in [-0.39, 0.29) is 23.2 Å². The van der Waals surface area contributed by atoms with Gasteiger partial charge in [-0.25, -0.2) is 22.2 Å². The Morgan fingerprint density at radius 1 is 1.17 bits per heavy atom. The zero-order valence-electron chi connectivity index (χ0n) is 16.4. The molecular formula is C21H21FN4O3S. The van der Waals surface area contributed by atoms with Crippen molar-refractivity contribution in [3.8, 4) is 5.69 Å². The number of halogens is 1. The summed E-state index contributed by atoms with van der Waals surface area (Å²) in [6.45, 7) is 0.171. The van der Waals surface area contributed by atoms with E-state index in [1.54, 1.807) is 28.9 Å².